The molecule has 0 unspecified atom stereocenters. The first-order chi connectivity index (χ1) is 8.71. The second kappa shape index (κ2) is 5.55. The van der Waals surface area contributed by atoms with E-state index < -0.39 is 11.4 Å². The highest BCUT2D eigenvalue weighted by Crippen LogP contribution is 2.32. The van der Waals surface area contributed by atoms with E-state index in [1.807, 2.05) is 34.6 Å². The van der Waals surface area contributed by atoms with Gasteiger partial charge in [0.05, 0.1) is 5.56 Å². The van der Waals surface area contributed by atoms with Gasteiger partial charge in [-0.2, -0.15) is 0 Å². The average Bonchev–Trinajstić information content (AvgIpc) is 2.36. The van der Waals surface area contributed by atoms with E-state index >= 15 is 0 Å². The molecule has 0 heterocycles. The van der Waals surface area contributed by atoms with Gasteiger partial charge in [-0.1, -0.05) is 40.7 Å². The van der Waals surface area contributed by atoms with Crippen LogP contribution in [0.1, 0.15) is 60.9 Å². The van der Waals surface area contributed by atoms with Crippen LogP contribution in [0.25, 0.3) is 0 Å². The van der Waals surface area contributed by atoms with Gasteiger partial charge < -0.3 is 5.11 Å². The summed E-state index contributed by atoms with van der Waals surface area (Å²) in [5, 5.41) is 9.23. The Hall–Kier alpha value is -1.64. The number of carboxylic acid groups (broad SMARTS) is 1. The van der Waals surface area contributed by atoms with Gasteiger partial charge in [0.15, 0.2) is 5.78 Å². The van der Waals surface area contributed by atoms with Crippen LogP contribution in [0.2, 0.25) is 0 Å². The van der Waals surface area contributed by atoms with Crippen molar-refractivity contribution in [3.8, 4) is 0 Å². The largest absolute Gasteiger partial charge is 0.478 e. The van der Waals surface area contributed by atoms with E-state index in [1.165, 1.54) is 6.07 Å². The van der Waals surface area contributed by atoms with E-state index in [4.69, 9.17) is 0 Å². The van der Waals surface area contributed by atoms with Crippen molar-refractivity contribution in [3.63, 3.8) is 0 Å². The Bertz CT molecular complexity index is 499. The second-order valence-corrected chi connectivity index (χ2v) is 5.74. The third kappa shape index (κ3) is 3.03. The van der Waals surface area contributed by atoms with Gasteiger partial charge in [-0.15, -0.1) is 0 Å². The lowest BCUT2D eigenvalue weighted by Crippen LogP contribution is -2.31. The van der Waals surface area contributed by atoms with E-state index in [-0.39, 0.29) is 17.3 Å². The van der Waals surface area contributed by atoms with Crippen molar-refractivity contribution in [2.75, 3.05) is 0 Å². The lowest BCUT2D eigenvalue weighted by molar-refractivity contribution is 0.0679. The summed E-state index contributed by atoms with van der Waals surface area (Å²) in [6.45, 7) is 9.66. The maximum absolute atomic E-state index is 12.6. The number of ketones is 1. The first-order valence-corrected chi connectivity index (χ1v) is 6.62. The molecule has 0 saturated heterocycles. The summed E-state index contributed by atoms with van der Waals surface area (Å²) < 4.78 is 0. The van der Waals surface area contributed by atoms with Crippen molar-refractivity contribution < 1.29 is 14.7 Å². The molecule has 0 bridgehead atoms. The van der Waals surface area contributed by atoms with Gasteiger partial charge >= 0.3 is 5.97 Å². The minimum absolute atomic E-state index is 0.0934. The molecule has 3 heteroatoms. The summed E-state index contributed by atoms with van der Waals surface area (Å²) in [6, 6.07) is 5.02. The molecule has 0 aliphatic carbocycles. The van der Waals surface area contributed by atoms with Gasteiger partial charge in [0.1, 0.15) is 0 Å². The Kier molecular flexibility index (Phi) is 4.51. The van der Waals surface area contributed by atoms with Crippen molar-refractivity contribution in [2.45, 2.75) is 41.0 Å². The summed E-state index contributed by atoms with van der Waals surface area (Å²) in [5.74, 6) is -1.01. The van der Waals surface area contributed by atoms with Gasteiger partial charge in [0.25, 0.3) is 0 Å². The maximum Gasteiger partial charge on any atom is 0.336 e. The standard InChI is InChI=1S/C16H22O3/c1-6-11-7-8-12(15(18)19)13(9-11)14(17)16(4,5)10(2)3/h7-10H,6H2,1-5H3,(H,18,19). The summed E-state index contributed by atoms with van der Waals surface area (Å²) in [5.41, 5.74) is 0.825. The quantitative estimate of drug-likeness (QED) is 0.821. The molecule has 0 fully saturated rings. The van der Waals surface area contributed by atoms with E-state index in [1.54, 1.807) is 12.1 Å². The van der Waals surface area contributed by atoms with Crippen LogP contribution in [0.4, 0.5) is 0 Å². The van der Waals surface area contributed by atoms with Gasteiger partial charge in [-0.05, 0) is 30.0 Å². The van der Waals surface area contributed by atoms with Gasteiger partial charge in [-0.25, -0.2) is 4.79 Å². The number of aromatic carboxylic acids is 1. The predicted octanol–water partition coefficient (Wildman–Crippen LogP) is 3.81. The lowest BCUT2D eigenvalue weighted by Gasteiger charge is -2.28. The second-order valence-electron chi connectivity index (χ2n) is 5.74. The minimum atomic E-state index is -1.05. The zero-order valence-corrected chi connectivity index (χ0v) is 12.3. The molecular weight excluding hydrogens is 240 g/mol. The Balaban J connectivity index is 3.39. The minimum Gasteiger partial charge on any atom is -0.478 e. The highest BCUT2D eigenvalue weighted by Gasteiger charge is 2.34. The molecule has 0 atom stereocenters. The van der Waals surface area contributed by atoms with Crippen molar-refractivity contribution in [2.24, 2.45) is 11.3 Å². The summed E-state index contributed by atoms with van der Waals surface area (Å²) >= 11 is 0. The third-order valence-electron chi connectivity index (χ3n) is 4.00. The van der Waals surface area contributed by atoms with Gasteiger partial charge in [0, 0.05) is 11.0 Å². The molecule has 0 aliphatic heterocycles. The van der Waals surface area contributed by atoms with Crippen LogP contribution in [0.15, 0.2) is 18.2 Å². The van der Waals surface area contributed by atoms with Crippen LogP contribution >= 0.6 is 0 Å². The number of benzene rings is 1. The molecule has 1 aromatic carbocycles. The number of carbonyl (C=O) groups excluding carboxylic acids is 1. The SMILES string of the molecule is CCc1ccc(C(=O)O)c(C(=O)C(C)(C)C(C)C)c1. The molecule has 1 rings (SSSR count). The van der Waals surface area contributed by atoms with Crippen LogP contribution in [0.5, 0.6) is 0 Å². The fraction of sp³-hybridized carbons (Fsp3) is 0.500. The fourth-order valence-corrected chi connectivity index (χ4v) is 1.79. The van der Waals surface area contributed by atoms with E-state index in [2.05, 4.69) is 0 Å². The fourth-order valence-electron chi connectivity index (χ4n) is 1.79. The Labute approximate surface area is 114 Å². The molecular formula is C16H22O3. The highest BCUT2D eigenvalue weighted by molar-refractivity contribution is 6.08. The molecule has 19 heavy (non-hydrogen) atoms. The van der Waals surface area contributed by atoms with Crippen LogP contribution in [0.3, 0.4) is 0 Å². The first kappa shape index (κ1) is 15.4. The van der Waals surface area contributed by atoms with Crippen LogP contribution in [-0.4, -0.2) is 16.9 Å². The normalized spacial score (nSPS) is 11.7. The number of Topliss-reactive ketones (excluding diaryl/α,β-unsaturated/α-hetero) is 1. The smallest absolute Gasteiger partial charge is 0.336 e. The number of rotatable bonds is 5. The molecule has 0 radical (unpaired) electrons. The number of hydrogen-bond acceptors (Lipinski definition) is 2. The topological polar surface area (TPSA) is 54.4 Å². The number of aryl methyl sites for hydroxylation is 1. The predicted molar refractivity (Wildman–Crippen MR) is 75.7 cm³/mol. The molecule has 104 valence electrons. The summed E-state index contributed by atoms with van der Waals surface area (Å²) in [7, 11) is 0. The molecule has 0 aliphatic rings. The zero-order valence-electron chi connectivity index (χ0n) is 12.3. The highest BCUT2D eigenvalue weighted by atomic mass is 16.4. The van der Waals surface area contributed by atoms with Gasteiger partial charge in [0.2, 0.25) is 0 Å². The van der Waals surface area contributed by atoms with Crippen LogP contribution in [0, 0.1) is 11.3 Å². The van der Waals surface area contributed by atoms with Crippen molar-refractivity contribution in [1.29, 1.82) is 0 Å². The van der Waals surface area contributed by atoms with Crippen molar-refractivity contribution in [3.05, 3.63) is 34.9 Å². The molecule has 0 spiro atoms. The van der Waals surface area contributed by atoms with E-state index in [0.717, 1.165) is 12.0 Å². The molecule has 1 aromatic rings. The summed E-state index contributed by atoms with van der Waals surface area (Å²) in [6.07, 6.45) is 0.780. The monoisotopic (exact) mass is 262 g/mol. The number of hydrogen-bond donors (Lipinski definition) is 1. The lowest BCUT2D eigenvalue weighted by atomic mass is 9.74. The number of carbonyl (C=O) groups is 2. The first-order valence-electron chi connectivity index (χ1n) is 6.62. The Morgan fingerprint density at radius 2 is 1.79 bits per heavy atom. The molecule has 0 saturated carbocycles. The Morgan fingerprint density at radius 3 is 2.21 bits per heavy atom. The molecule has 3 nitrogen and oxygen atoms in total. The van der Waals surface area contributed by atoms with Crippen LogP contribution in [-0.2, 0) is 6.42 Å². The maximum atomic E-state index is 12.6. The Morgan fingerprint density at radius 1 is 1.21 bits per heavy atom. The van der Waals surface area contributed by atoms with Gasteiger partial charge in [-0.3, -0.25) is 4.79 Å². The van der Waals surface area contributed by atoms with E-state index in [9.17, 15) is 14.7 Å². The average molecular weight is 262 g/mol. The molecule has 1 N–H and O–H groups in total. The van der Waals surface area contributed by atoms with Crippen molar-refractivity contribution >= 4 is 11.8 Å². The molecule has 0 amide bonds. The molecule has 0 aromatic heterocycles. The zero-order chi connectivity index (χ0) is 14.8. The van der Waals surface area contributed by atoms with Crippen molar-refractivity contribution in [1.82, 2.24) is 0 Å². The summed E-state index contributed by atoms with van der Waals surface area (Å²) in [4.78, 5) is 23.9. The van der Waals surface area contributed by atoms with Crippen LogP contribution < -0.4 is 0 Å². The van der Waals surface area contributed by atoms with E-state index in [0.29, 0.717) is 5.56 Å². The number of carboxylic acids is 1. The third-order valence-corrected chi connectivity index (χ3v) is 4.00.